The lowest BCUT2D eigenvalue weighted by Gasteiger charge is -2.06. The van der Waals surface area contributed by atoms with E-state index in [9.17, 15) is 0 Å². The van der Waals surface area contributed by atoms with Gasteiger partial charge in [-0.2, -0.15) is 4.89 Å². The lowest BCUT2D eigenvalue weighted by atomic mass is 10.2. The minimum atomic E-state index is 0.683. The van der Waals surface area contributed by atoms with Crippen molar-refractivity contribution in [1.29, 1.82) is 0 Å². The van der Waals surface area contributed by atoms with Crippen molar-refractivity contribution in [2.24, 2.45) is 10.3 Å². The van der Waals surface area contributed by atoms with Gasteiger partial charge >= 0.3 is 0 Å². The van der Waals surface area contributed by atoms with Gasteiger partial charge in [0.15, 0.2) is 0 Å². The van der Waals surface area contributed by atoms with Crippen LogP contribution in [0.5, 0.6) is 0 Å². The minimum Gasteiger partial charge on any atom is -0.396 e. The monoisotopic (exact) mass is 158 g/mol. The first-order chi connectivity index (χ1) is 5.43. The number of hydrogen-bond donors (Lipinski definition) is 0. The standard InChI is InChI=1S/C6H10N2O3/c1-9-11-7-5-6-3-2-4-10-8-6/h5H,2-4H2,1H3/b7-5+. The van der Waals surface area contributed by atoms with Crippen LogP contribution in [0.3, 0.4) is 0 Å². The van der Waals surface area contributed by atoms with Gasteiger partial charge in [0.05, 0.1) is 13.3 Å². The molecule has 0 N–H and O–H groups in total. The molecule has 0 atom stereocenters. The molecule has 62 valence electrons. The van der Waals surface area contributed by atoms with Crippen LogP contribution in [-0.4, -0.2) is 25.6 Å². The third-order valence-electron chi connectivity index (χ3n) is 1.17. The summed E-state index contributed by atoms with van der Waals surface area (Å²) in [4.78, 5) is 13.3. The summed E-state index contributed by atoms with van der Waals surface area (Å²) in [7, 11) is 1.39. The van der Waals surface area contributed by atoms with Crippen LogP contribution in [0.4, 0.5) is 0 Å². The van der Waals surface area contributed by atoms with Crippen LogP contribution < -0.4 is 0 Å². The molecule has 0 saturated heterocycles. The Hall–Kier alpha value is -1.10. The molecule has 0 bridgehead atoms. The summed E-state index contributed by atoms with van der Waals surface area (Å²) in [5.74, 6) is 0. The molecular weight excluding hydrogens is 148 g/mol. The van der Waals surface area contributed by atoms with Crippen LogP contribution in [0, 0.1) is 0 Å². The molecule has 0 radical (unpaired) electrons. The Kier molecular flexibility index (Phi) is 3.40. The maximum Gasteiger partial charge on any atom is 0.117 e. The average Bonchev–Trinajstić information content (AvgIpc) is 2.07. The summed E-state index contributed by atoms with van der Waals surface area (Å²) in [5, 5.41) is 7.19. The second-order valence-electron chi connectivity index (χ2n) is 2.00. The van der Waals surface area contributed by atoms with Gasteiger partial charge in [-0.25, -0.2) is 4.99 Å². The van der Waals surface area contributed by atoms with Crippen LogP contribution >= 0.6 is 0 Å². The molecular formula is C6H10N2O3. The summed E-state index contributed by atoms with van der Waals surface area (Å²) < 4.78 is 0. The van der Waals surface area contributed by atoms with E-state index in [1.165, 1.54) is 13.3 Å². The summed E-state index contributed by atoms with van der Waals surface area (Å²) >= 11 is 0. The molecule has 1 rings (SSSR count). The topological polar surface area (TPSA) is 52.4 Å². The van der Waals surface area contributed by atoms with Crippen molar-refractivity contribution in [1.82, 2.24) is 0 Å². The highest BCUT2D eigenvalue weighted by Gasteiger charge is 2.02. The van der Waals surface area contributed by atoms with Gasteiger partial charge < -0.3 is 4.84 Å². The molecule has 0 aromatic rings. The average molecular weight is 158 g/mol. The zero-order valence-corrected chi connectivity index (χ0v) is 6.32. The highest BCUT2D eigenvalue weighted by atomic mass is 17.3. The zero-order valence-electron chi connectivity index (χ0n) is 6.32. The third kappa shape index (κ3) is 2.99. The fraction of sp³-hybridized carbons (Fsp3) is 0.667. The van der Waals surface area contributed by atoms with E-state index >= 15 is 0 Å². The first-order valence-electron chi connectivity index (χ1n) is 3.35. The van der Waals surface area contributed by atoms with Gasteiger partial charge in [-0.15, -0.1) is 0 Å². The van der Waals surface area contributed by atoms with E-state index < -0.39 is 0 Å². The highest BCUT2D eigenvalue weighted by molar-refractivity contribution is 6.30. The molecule has 5 heteroatoms. The smallest absolute Gasteiger partial charge is 0.117 e. The number of rotatable bonds is 3. The maximum atomic E-state index is 4.81. The molecule has 0 spiro atoms. The van der Waals surface area contributed by atoms with E-state index in [1.807, 2.05) is 0 Å². The van der Waals surface area contributed by atoms with E-state index in [1.54, 1.807) is 0 Å². The Labute approximate surface area is 64.5 Å². The first-order valence-corrected chi connectivity index (χ1v) is 3.35. The van der Waals surface area contributed by atoms with Gasteiger partial charge in [-0.05, 0) is 12.8 Å². The Morgan fingerprint density at radius 3 is 3.27 bits per heavy atom. The molecule has 1 aliphatic heterocycles. The van der Waals surface area contributed by atoms with E-state index in [2.05, 4.69) is 20.2 Å². The highest BCUT2D eigenvalue weighted by Crippen LogP contribution is 2.00. The quantitative estimate of drug-likeness (QED) is 0.345. The predicted octanol–water partition coefficient (Wildman–Crippen LogP) is 0.717. The van der Waals surface area contributed by atoms with Crippen molar-refractivity contribution in [3.05, 3.63) is 0 Å². The Morgan fingerprint density at radius 1 is 1.73 bits per heavy atom. The van der Waals surface area contributed by atoms with E-state index in [0.717, 1.165) is 18.6 Å². The first kappa shape index (κ1) is 8.00. The van der Waals surface area contributed by atoms with E-state index in [-0.39, 0.29) is 0 Å². The van der Waals surface area contributed by atoms with Gasteiger partial charge in [-0.3, -0.25) is 0 Å². The Bertz CT molecular complexity index is 167. The SMILES string of the molecule is COO/N=C/C1=NOCCC1. The van der Waals surface area contributed by atoms with E-state index in [0.29, 0.717) is 6.61 Å². The predicted molar refractivity (Wildman–Crippen MR) is 39.2 cm³/mol. The molecule has 0 aliphatic carbocycles. The normalized spacial score (nSPS) is 17.7. The fourth-order valence-corrected chi connectivity index (χ4v) is 0.706. The van der Waals surface area contributed by atoms with Gasteiger partial charge in [-0.1, -0.05) is 10.3 Å². The van der Waals surface area contributed by atoms with Crippen molar-refractivity contribution in [3.8, 4) is 0 Å². The number of nitrogens with zero attached hydrogens (tertiary/aromatic N) is 2. The maximum absolute atomic E-state index is 4.81. The van der Waals surface area contributed by atoms with Gasteiger partial charge in [0.1, 0.15) is 12.3 Å². The fourth-order valence-electron chi connectivity index (χ4n) is 0.706. The van der Waals surface area contributed by atoms with Crippen molar-refractivity contribution in [2.75, 3.05) is 13.7 Å². The molecule has 0 aromatic heterocycles. The summed E-state index contributed by atoms with van der Waals surface area (Å²) in [6.45, 7) is 0.683. The second-order valence-corrected chi connectivity index (χ2v) is 2.00. The zero-order chi connectivity index (χ0) is 7.94. The summed E-state index contributed by atoms with van der Waals surface area (Å²) in [6.07, 6.45) is 3.32. The molecule has 11 heavy (non-hydrogen) atoms. The van der Waals surface area contributed by atoms with Crippen molar-refractivity contribution >= 4 is 11.9 Å². The van der Waals surface area contributed by atoms with E-state index in [4.69, 9.17) is 4.84 Å². The molecule has 0 fully saturated rings. The number of oxime groups is 2. The largest absolute Gasteiger partial charge is 0.396 e. The molecule has 0 unspecified atom stereocenters. The molecule has 1 aliphatic rings. The summed E-state index contributed by atoms with van der Waals surface area (Å²) in [6, 6.07) is 0. The molecule has 0 amide bonds. The van der Waals surface area contributed by atoms with Crippen molar-refractivity contribution < 1.29 is 14.7 Å². The second kappa shape index (κ2) is 4.68. The lowest BCUT2D eigenvalue weighted by molar-refractivity contribution is -0.272. The molecule has 1 heterocycles. The molecule has 5 nitrogen and oxygen atoms in total. The third-order valence-corrected chi connectivity index (χ3v) is 1.17. The van der Waals surface area contributed by atoms with Crippen LogP contribution in [0.1, 0.15) is 12.8 Å². The minimum absolute atomic E-state index is 0.683. The van der Waals surface area contributed by atoms with Crippen molar-refractivity contribution in [2.45, 2.75) is 12.8 Å². The van der Waals surface area contributed by atoms with Crippen molar-refractivity contribution in [3.63, 3.8) is 0 Å². The number of hydrogen-bond acceptors (Lipinski definition) is 5. The molecule has 0 aromatic carbocycles. The summed E-state index contributed by atoms with van der Waals surface area (Å²) in [5.41, 5.74) is 0.772. The van der Waals surface area contributed by atoms with Gasteiger partial charge in [0.2, 0.25) is 0 Å². The van der Waals surface area contributed by atoms with Crippen LogP contribution in [0.15, 0.2) is 10.3 Å². The van der Waals surface area contributed by atoms with Gasteiger partial charge in [0, 0.05) is 0 Å². The van der Waals surface area contributed by atoms with Gasteiger partial charge in [0.25, 0.3) is 0 Å². The Morgan fingerprint density at radius 2 is 2.64 bits per heavy atom. The Balaban J connectivity index is 2.29. The lowest BCUT2D eigenvalue weighted by Crippen LogP contribution is -2.09. The van der Waals surface area contributed by atoms with Crippen LogP contribution in [-0.2, 0) is 14.7 Å². The van der Waals surface area contributed by atoms with Crippen LogP contribution in [0.25, 0.3) is 0 Å². The molecule has 0 saturated carbocycles. The van der Waals surface area contributed by atoms with Crippen LogP contribution in [0.2, 0.25) is 0 Å².